The number of nitrogens with zero attached hydrogens (tertiary/aromatic N) is 5. The maximum atomic E-state index is 5.74. The van der Waals surface area contributed by atoms with E-state index >= 15 is 0 Å². The summed E-state index contributed by atoms with van der Waals surface area (Å²) in [7, 11) is 0. The number of imidazole rings is 1. The van der Waals surface area contributed by atoms with Crippen LogP contribution < -0.4 is 5.32 Å². The number of thiocarbonyl (C=S) groups is 1. The molecule has 1 saturated heterocycles. The second-order valence-electron chi connectivity index (χ2n) is 9.32. The lowest BCUT2D eigenvalue weighted by molar-refractivity contribution is 0.306. The van der Waals surface area contributed by atoms with Gasteiger partial charge < -0.3 is 19.3 Å². The topological polar surface area (TPSA) is 72.0 Å². The Labute approximate surface area is 210 Å². The number of hydrogen-bond acceptors (Lipinski definition) is 5. The summed E-state index contributed by atoms with van der Waals surface area (Å²) in [5.74, 6) is 2.65. The van der Waals surface area contributed by atoms with Crippen LogP contribution >= 0.6 is 12.2 Å². The summed E-state index contributed by atoms with van der Waals surface area (Å²) in [6.07, 6.45) is 9.50. The average Bonchev–Trinajstić information content (AvgIpc) is 3.66. The first-order chi connectivity index (χ1) is 17.2. The largest absolute Gasteiger partial charge is 0.349 e. The van der Waals surface area contributed by atoms with Gasteiger partial charge in [0.05, 0.1) is 6.54 Å². The van der Waals surface area contributed by atoms with Gasteiger partial charge in [0.2, 0.25) is 0 Å². The van der Waals surface area contributed by atoms with Gasteiger partial charge in [-0.25, -0.2) is 4.98 Å². The van der Waals surface area contributed by atoms with Gasteiger partial charge in [-0.1, -0.05) is 29.4 Å². The van der Waals surface area contributed by atoms with Gasteiger partial charge in [-0.15, -0.1) is 0 Å². The Balaban J connectivity index is 1.06. The van der Waals surface area contributed by atoms with Crippen LogP contribution in [0.3, 0.4) is 0 Å². The number of aryl methyl sites for hydroxylation is 2. The number of nitrogens with one attached hydrogen (secondary N) is 1. The molecule has 0 saturated carbocycles. The zero-order valence-electron chi connectivity index (χ0n) is 19.6. The molecule has 1 fully saturated rings. The van der Waals surface area contributed by atoms with Crippen LogP contribution in [-0.4, -0.2) is 42.8 Å². The number of piperidine rings is 1. The van der Waals surface area contributed by atoms with Gasteiger partial charge in [-0.2, -0.15) is 4.98 Å². The first-order valence-corrected chi connectivity index (χ1v) is 12.7. The lowest BCUT2D eigenvalue weighted by Gasteiger charge is -2.33. The highest BCUT2D eigenvalue weighted by Gasteiger charge is 2.26. The van der Waals surface area contributed by atoms with Gasteiger partial charge >= 0.3 is 0 Å². The van der Waals surface area contributed by atoms with Crippen LogP contribution in [0.25, 0.3) is 11.5 Å². The van der Waals surface area contributed by atoms with Crippen molar-refractivity contribution in [2.75, 3.05) is 18.4 Å². The molecule has 2 aromatic heterocycles. The molecule has 0 bridgehead atoms. The van der Waals surface area contributed by atoms with Crippen molar-refractivity contribution < 1.29 is 4.52 Å². The minimum absolute atomic E-state index is 0.379. The second-order valence-corrected chi connectivity index (χ2v) is 9.71. The molecule has 0 atom stereocenters. The van der Waals surface area contributed by atoms with Crippen molar-refractivity contribution in [2.24, 2.45) is 0 Å². The molecule has 0 spiro atoms. The minimum Gasteiger partial charge on any atom is -0.349 e. The number of benzene rings is 2. The van der Waals surface area contributed by atoms with Crippen LogP contribution in [0.2, 0.25) is 0 Å². The second kappa shape index (κ2) is 9.62. The highest BCUT2D eigenvalue weighted by Crippen LogP contribution is 2.29. The fourth-order valence-electron chi connectivity index (χ4n) is 5.18. The summed E-state index contributed by atoms with van der Waals surface area (Å²) < 4.78 is 7.62. The van der Waals surface area contributed by atoms with Crippen LogP contribution in [0.5, 0.6) is 0 Å². The molecule has 1 N–H and O–H groups in total. The van der Waals surface area contributed by atoms with E-state index in [1.165, 1.54) is 30.4 Å². The van der Waals surface area contributed by atoms with Gasteiger partial charge in [0.1, 0.15) is 5.82 Å². The molecule has 1 aliphatic heterocycles. The molecule has 8 heteroatoms. The normalized spacial score (nSPS) is 15.8. The van der Waals surface area contributed by atoms with Crippen molar-refractivity contribution in [1.29, 1.82) is 0 Å². The molecule has 7 nitrogen and oxygen atoms in total. The summed E-state index contributed by atoms with van der Waals surface area (Å²) in [4.78, 5) is 11.5. The molecule has 2 aliphatic rings. The minimum atomic E-state index is 0.379. The third-order valence-corrected chi connectivity index (χ3v) is 7.41. The highest BCUT2D eigenvalue weighted by atomic mass is 32.1. The Kier molecular flexibility index (Phi) is 6.04. The summed E-state index contributed by atoms with van der Waals surface area (Å²) >= 11 is 5.74. The maximum absolute atomic E-state index is 5.74. The molecular weight excluding hydrogens is 456 g/mol. The predicted octanol–water partition coefficient (Wildman–Crippen LogP) is 5.05. The van der Waals surface area contributed by atoms with E-state index < -0.39 is 0 Å². The lowest BCUT2D eigenvalue weighted by Crippen LogP contribution is -2.40. The monoisotopic (exact) mass is 484 g/mol. The summed E-state index contributed by atoms with van der Waals surface area (Å²) in [5, 5.41) is 8.45. The summed E-state index contributed by atoms with van der Waals surface area (Å²) in [6, 6.07) is 16.5. The number of rotatable bonds is 5. The SMILES string of the molecule is S=C(Nc1ccc2c(c1)CCC2)N1CCC(c2nccn2Cc2noc(-c3ccccc3)n2)CC1. The maximum Gasteiger partial charge on any atom is 0.257 e. The predicted molar refractivity (Wildman–Crippen MR) is 139 cm³/mol. The smallest absolute Gasteiger partial charge is 0.257 e. The number of aromatic nitrogens is 4. The fourth-order valence-corrected chi connectivity index (χ4v) is 5.48. The molecule has 2 aromatic carbocycles. The third-order valence-electron chi connectivity index (χ3n) is 7.05. The van der Waals surface area contributed by atoms with Gasteiger partial charge in [-0.3, -0.25) is 0 Å². The van der Waals surface area contributed by atoms with Gasteiger partial charge in [0.15, 0.2) is 10.9 Å². The van der Waals surface area contributed by atoms with Gasteiger partial charge in [0, 0.05) is 42.7 Å². The van der Waals surface area contributed by atoms with Crippen molar-refractivity contribution in [3.8, 4) is 11.5 Å². The standard InChI is InChI=1S/C27H28N6OS/c35-27(29-23-10-9-19-7-4-8-22(19)17-23)32-14-11-20(12-15-32)25-28-13-16-33(25)18-24-30-26(34-31-24)21-5-2-1-3-6-21/h1-3,5-6,9-10,13,16-17,20H,4,7-8,11-12,14-15,18H2,(H,29,35). The average molecular weight is 485 g/mol. The molecule has 6 rings (SSSR count). The van der Waals surface area contributed by atoms with Crippen molar-refractivity contribution in [1.82, 2.24) is 24.6 Å². The van der Waals surface area contributed by atoms with Crippen LogP contribution in [-0.2, 0) is 19.4 Å². The van der Waals surface area contributed by atoms with Crippen molar-refractivity contribution >= 4 is 23.0 Å². The van der Waals surface area contributed by atoms with Crippen LogP contribution in [0.1, 0.15) is 48.0 Å². The van der Waals surface area contributed by atoms with E-state index in [9.17, 15) is 0 Å². The number of anilines is 1. The Hall–Kier alpha value is -3.52. The van der Waals surface area contributed by atoms with Crippen molar-refractivity contribution in [2.45, 2.75) is 44.6 Å². The van der Waals surface area contributed by atoms with Gasteiger partial charge in [0.25, 0.3) is 5.89 Å². The van der Waals surface area contributed by atoms with E-state index in [2.05, 4.69) is 48.1 Å². The summed E-state index contributed by atoms with van der Waals surface area (Å²) in [5.41, 5.74) is 4.97. The molecule has 0 unspecified atom stereocenters. The van der Waals surface area contributed by atoms with E-state index in [4.69, 9.17) is 16.7 Å². The van der Waals surface area contributed by atoms with E-state index in [-0.39, 0.29) is 0 Å². The molecular formula is C27H28N6OS. The van der Waals surface area contributed by atoms with E-state index in [0.717, 1.165) is 48.1 Å². The van der Waals surface area contributed by atoms with Gasteiger partial charge in [-0.05, 0) is 79.7 Å². The van der Waals surface area contributed by atoms with Crippen molar-refractivity contribution in [3.05, 3.63) is 83.7 Å². The zero-order chi connectivity index (χ0) is 23.6. The quantitative estimate of drug-likeness (QED) is 0.398. The molecule has 0 amide bonds. The fraction of sp³-hybridized carbons (Fsp3) is 0.333. The van der Waals surface area contributed by atoms with E-state index in [0.29, 0.717) is 24.2 Å². The Morgan fingerprint density at radius 3 is 2.74 bits per heavy atom. The Morgan fingerprint density at radius 2 is 1.89 bits per heavy atom. The number of hydrogen-bond donors (Lipinski definition) is 1. The molecule has 35 heavy (non-hydrogen) atoms. The highest BCUT2D eigenvalue weighted by molar-refractivity contribution is 7.80. The van der Waals surface area contributed by atoms with E-state index in [1.807, 2.05) is 42.7 Å². The van der Waals surface area contributed by atoms with E-state index in [1.54, 1.807) is 0 Å². The zero-order valence-corrected chi connectivity index (χ0v) is 20.4. The Bertz CT molecular complexity index is 1320. The molecule has 178 valence electrons. The van der Waals surface area contributed by atoms with Crippen molar-refractivity contribution in [3.63, 3.8) is 0 Å². The molecule has 4 aromatic rings. The molecule has 0 radical (unpaired) electrons. The number of fused-ring (bicyclic) bond motifs is 1. The lowest BCUT2D eigenvalue weighted by atomic mass is 9.96. The summed E-state index contributed by atoms with van der Waals surface area (Å²) in [6.45, 7) is 2.37. The van der Waals surface area contributed by atoms with Crippen LogP contribution in [0, 0.1) is 0 Å². The molecule has 3 heterocycles. The van der Waals surface area contributed by atoms with Crippen LogP contribution in [0.15, 0.2) is 65.4 Å². The number of likely N-dealkylation sites (tertiary alicyclic amines) is 1. The molecule has 1 aliphatic carbocycles. The third kappa shape index (κ3) is 4.71. The first-order valence-electron chi connectivity index (χ1n) is 12.3. The first kappa shape index (κ1) is 22.0. The Morgan fingerprint density at radius 1 is 1.06 bits per heavy atom. The van der Waals surface area contributed by atoms with Crippen LogP contribution in [0.4, 0.5) is 5.69 Å².